The Morgan fingerprint density at radius 3 is 2.89 bits per heavy atom. The van der Waals surface area contributed by atoms with Crippen LogP contribution in [0.5, 0.6) is 0 Å². The van der Waals surface area contributed by atoms with Crippen LogP contribution in [0.15, 0.2) is 4.52 Å². The third-order valence-electron chi connectivity index (χ3n) is 4.59. The van der Waals surface area contributed by atoms with Gasteiger partial charge in [-0.2, -0.15) is 4.98 Å². The summed E-state index contributed by atoms with van der Waals surface area (Å²) in [5, 5.41) is 7.76. The molecule has 1 aliphatic carbocycles. The van der Waals surface area contributed by atoms with Crippen molar-refractivity contribution < 1.29 is 4.52 Å². The van der Waals surface area contributed by atoms with E-state index in [0.29, 0.717) is 5.92 Å². The van der Waals surface area contributed by atoms with Crippen LogP contribution in [0, 0.1) is 5.92 Å². The number of piperidine rings is 1. The highest BCUT2D eigenvalue weighted by atomic mass is 16.5. The largest absolute Gasteiger partial charge is 0.337 e. The molecule has 0 aromatic carbocycles. The van der Waals surface area contributed by atoms with Gasteiger partial charge in [0.2, 0.25) is 5.89 Å². The number of nitrogens with one attached hydrogen (secondary N) is 1. The molecule has 4 nitrogen and oxygen atoms in total. The van der Waals surface area contributed by atoms with Gasteiger partial charge in [-0.25, -0.2) is 0 Å². The third-order valence-corrected chi connectivity index (χ3v) is 4.59. The Labute approximate surface area is 109 Å². The Kier molecular flexibility index (Phi) is 3.14. The molecule has 2 fully saturated rings. The second-order valence-electron chi connectivity index (χ2n) is 6.29. The van der Waals surface area contributed by atoms with Gasteiger partial charge in [0.1, 0.15) is 0 Å². The van der Waals surface area contributed by atoms with Crippen molar-refractivity contribution in [2.75, 3.05) is 6.54 Å². The number of aromatic nitrogens is 2. The maximum Gasteiger partial charge on any atom is 0.246 e. The van der Waals surface area contributed by atoms with E-state index in [1.807, 2.05) is 0 Å². The Bertz CT molecular complexity index is 409. The van der Waals surface area contributed by atoms with E-state index in [1.165, 1.54) is 32.1 Å². The average molecular weight is 249 g/mol. The van der Waals surface area contributed by atoms with Crippen molar-refractivity contribution in [1.29, 1.82) is 0 Å². The molecule has 3 rings (SSSR count). The van der Waals surface area contributed by atoms with Gasteiger partial charge < -0.3 is 9.84 Å². The van der Waals surface area contributed by atoms with Gasteiger partial charge in [0.05, 0.1) is 5.54 Å². The predicted molar refractivity (Wildman–Crippen MR) is 69.3 cm³/mol. The van der Waals surface area contributed by atoms with Crippen molar-refractivity contribution in [2.24, 2.45) is 5.92 Å². The summed E-state index contributed by atoms with van der Waals surface area (Å²) in [6.07, 6.45) is 7.30. The van der Waals surface area contributed by atoms with Gasteiger partial charge in [-0.15, -0.1) is 0 Å². The van der Waals surface area contributed by atoms with Gasteiger partial charge in [-0.3, -0.25) is 0 Å². The summed E-state index contributed by atoms with van der Waals surface area (Å²) in [7, 11) is 0. The molecule has 1 saturated heterocycles. The molecular weight excluding hydrogens is 226 g/mol. The zero-order valence-corrected chi connectivity index (χ0v) is 11.4. The van der Waals surface area contributed by atoms with Crippen LogP contribution in [-0.2, 0) is 5.54 Å². The van der Waals surface area contributed by atoms with Crippen LogP contribution in [0.25, 0.3) is 0 Å². The molecule has 0 radical (unpaired) electrons. The van der Waals surface area contributed by atoms with E-state index in [9.17, 15) is 0 Å². The van der Waals surface area contributed by atoms with Crippen molar-refractivity contribution in [3.8, 4) is 0 Å². The van der Waals surface area contributed by atoms with E-state index in [4.69, 9.17) is 4.52 Å². The molecule has 3 atom stereocenters. The first-order valence-electron chi connectivity index (χ1n) is 7.26. The van der Waals surface area contributed by atoms with E-state index in [0.717, 1.165) is 30.6 Å². The fourth-order valence-electron chi connectivity index (χ4n) is 3.31. The zero-order valence-electron chi connectivity index (χ0n) is 11.4. The Morgan fingerprint density at radius 1 is 1.33 bits per heavy atom. The normalized spacial score (nSPS) is 37.0. The fourth-order valence-corrected chi connectivity index (χ4v) is 3.31. The lowest BCUT2D eigenvalue weighted by molar-refractivity contribution is 0.206. The fraction of sp³-hybridized carbons (Fsp3) is 0.857. The van der Waals surface area contributed by atoms with Crippen molar-refractivity contribution in [2.45, 2.75) is 63.8 Å². The molecule has 1 aromatic rings. The maximum absolute atomic E-state index is 5.53. The van der Waals surface area contributed by atoms with Gasteiger partial charge in [-0.1, -0.05) is 12.1 Å². The van der Waals surface area contributed by atoms with Crippen LogP contribution in [0.4, 0.5) is 0 Å². The molecule has 1 N–H and O–H groups in total. The van der Waals surface area contributed by atoms with Crippen LogP contribution >= 0.6 is 0 Å². The highest BCUT2D eigenvalue weighted by molar-refractivity contribution is 5.06. The van der Waals surface area contributed by atoms with E-state index < -0.39 is 0 Å². The highest BCUT2D eigenvalue weighted by Crippen LogP contribution is 2.37. The summed E-state index contributed by atoms with van der Waals surface area (Å²) in [5.41, 5.74) is -0.103. The Balaban J connectivity index is 1.76. The minimum atomic E-state index is -0.103. The highest BCUT2D eigenvalue weighted by Gasteiger charge is 2.35. The van der Waals surface area contributed by atoms with E-state index >= 15 is 0 Å². The lowest BCUT2D eigenvalue weighted by Gasteiger charge is -2.31. The van der Waals surface area contributed by atoms with Crippen LogP contribution < -0.4 is 5.32 Å². The summed E-state index contributed by atoms with van der Waals surface area (Å²) in [4.78, 5) is 4.68. The topological polar surface area (TPSA) is 51.0 Å². The van der Waals surface area contributed by atoms with Crippen LogP contribution in [0.3, 0.4) is 0 Å². The second kappa shape index (κ2) is 4.65. The maximum atomic E-state index is 5.53. The van der Waals surface area contributed by atoms with Crippen LogP contribution in [0.2, 0.25) is 0 Å². The number of rotatable bonds is 2. The molecule has 0 spiro atoms. The monoisotopic (exact) mass is 249 g/mol. The summed E-state index contributed by atoms with van der Waals surface area (Å²) in [6.45, 7) is 5.54. The van der Waals surface area contributed by atoms with Gasteiger partial charge in [0.25, 0.3) is 0 Å². The molecule has 3 unspecified atom stereocenters. The molecule has 4 heteroatoms. The van der Waals surface area contributed by atoms with Crippen molar-refractivity contribution in [3.63, 3.8) is 0 Å². The molecule has 2 aliphatic rings. The van der Waals surface area contributed by atoms with Crippen LogP contribution in [-0.4, -0.2) is 16.7 Å². The van der Waals surface area contributed by atoms with Crippen molar-refractivity contribution in [1.82, 2.24) is 15.5 Å². The standard InChI is InChI=1S/C14H23N3O/c1-10-5-6-11(9-10)12-16-13(18-17-12)14(2)7-3-4-8-15-14/h10-11,15H,3-9H2,1-2H3. The molecule has 0 amide bonds. The quantitative estimate of drug-likeness (QED) is 0.875. The second-order valence-corrected chi connectivity index (χ2v) is 6.29. The molecule has 18 heavy (non-hydrogen) atoms. The van der Waals surface area contributed by atoms with Gasteiger partial charge >= 0.3 is 0 Å². The molecule has 1 aliphatic heterocycles. The summed E-state index contributed by atoms with van der Waals surface area (Å²) in [6, 6.07) is 0. The summed E-state index contributed by atoms with van der Waals surface area (Å²) >= 11 is 0. The third kappa shape index (κ3) is 2.18. The molecule has 0 bridgehead atoms. The molecule has 100 valence electrons. The van der Waals surface area contributed by atoms with E-state index in [2.05, 4.69) is 29.3 Å². The summed E-state index contributed by atoms with van der Waals surface area (Å²) in [5.74, 6) is 3.05. The lowest BCUT2D eigenvalue weighted by atomic mass is 9.91. The van der Waals surface area contributed by atoms with Crippen molar-refractivity contribution >= 4 is 0 Å². The first-order chi connectivity index (χ1) is 8.67. The molecule has 2 heterocycles. The van der Waals surface area contributed by atoms with Gasteiger partial charge in [-0.05, 0) is 57.9 Å². The Morgan fingerprint density at radius 2 is 2.22 bits per heavy atom. The predicted octanol–water partition coefficient (Wildman–Crippen LogP) is 2.96. The van der Waals surface area contributed by atoms with Gasteiger partial charge in [0.15, 0.2) is 5.82 Å². The first kappa shape index (κ1) is 12.2. The van der Waals surface area contributed by atoms with Gasteiger partial charge in [0, 0.05) is 5.92 Å². The minimum absolute atomic E-state index is 0.103. The average Bonchev–Trinajstić information content (AvgIpc) is 2.98. The SMILES string of the molecule is CC1CCC(c2noc(C3(C)CCCCN3)n2)C1. The molecular formula is C14H23N3O. The first-order valence-corrected chi connectivity index (χ1v) is 7.26. The summed E-state index contributed by atoms with van der Waals surface area (Å²) < 4.78 is 5.53. The zero-order chi connectivity index (χ0) is 12.6. The minimum Gasteiger partial charge on any atom is -0.337 e. The Hall–Kier alpha value is -0.900. The molecule has 1 aromatic heterocycles. The van der Waals surface area contributed by atoms with Crippen LogP contribution in [0.1, 0.15) is 70.0 Å². The van der Waals surface area contributed by atoms with Crippen molar-refractivity contribution in [3.05, 3.63) is 11.7 Å². The smallest absolute Gasteiger partial charge is 0.246 e. The molecule has 1 saturated carbocycles. The number of nitrogens with zero attached hydrogens (tertiary/aromatic N) is 2. The van der Waals surface area contributed by atoms with E-state index in [-0.39, 0.29) is 5.54 Å². The number of hydrogen-bond donors (Lipinski definition) is 1. The lowest BCUT2D eigenvalue weighted by Crippen LogP contribution is -2.43. The van der Waals surface area contributed by atoms with E-state index in [1.54, 1.807) is 0 Å². The number of hydrogen-bond acceptors (Lipinski definition) is 4.